The number of hydrogen-bond acceptors (Lipinski definition) is 4. The first kappa shape index (κ1) is 16.5. The van der Waals surface area contributed by atoms with Crippen LogP contribution in [-0.2, 0) is 9.53 Å². The highest BCUT2D eigenvalue weighted by Gasteiger charge is 2.42. The molecule has 0 unspecified atom stereocenters. The van der Waals surface area contributed by atoms with E-state index in [4.69, 9.17) is 9.15 Å². The van der Waals surface area contributed by atoms with Crippen molar-refractivity contribution in [3.05, 3.63) is 35.3 Å². The van der Waals surface area contributed by atoms with Gasteiger partial charge < -0.3 is 14.5 Å². The van der Waals surface area contributed by atoms with Crippen molar-refractivity contribution in [2.24, 2.45) is 0 Å². The molecule has 5 nitrogen and oxygen atoms in total. The predicted octanol–water partition coefficient (Wildman–Crippen LogP) is 3.49. The Kier molecular flexibility index (Phi) is 4.30. The lowest BCUT2D eigenvalue weighted by molar-refractivity contribution is -0.149. The Morgan fingerprint density at radius 1 is 1.25 bits per heavy atom. The molecule has 1 aliphatic carbocycles. The number of carbonyl (C=O) groups excluding carboxylic acids is 2. The second kappa shape index (κ2) is 6.26. The lowest BCUT2D eigenvalue weighted by atomic mass is 9.81. The molecule has 0 spiro atoms. The summed E-state index contributed by atoms with van der Waals surface area (Å²) in [5, 5.41) is 3.34. The second-order valence-electron chi connectivity index (χ2n) is 6.26. The molecular weight excluding hydrogens is 313 g/mol. The maximum Gasteiger partial charge on any atom is 0.331 e. The Bertz CT molecular complexity index is 790. The zero-order valence-electron chi connectivity index (χ0n) is 13.8. The molecule has 1 aromatic heterocycles. The number of ether oxygens (including phenoxy) is 1. The zero-order chi connectivity index (χ0) is 17.3. The van der Waals surface area contributed by atoms with Crippen molar-refractivity contribution in [3.8, 4) is 0 Å². The quantitative estimate of drug-likeness (QED) is 0.873. The molecule has 0 bridgehead atoms. The van der Waals surface area contributed by atoms with Crippen molar-refractivity contribution < 1.29 is 23.1 Å². The maximum absolute atomic E-state index is 13.9. The van der Waals surface area contributed by atoms with E-state index in [1.165, 1.54) is 13.2 Å². The van der Waals surface area contributed by atoms with Crippen LogP contribution in [0.1, 0.15) is 48.2 Å². The first-order valence-corrected chi connectivity index (χ1v) is 8.07. The number of benzene rings is 1. The number of methoxy groups -OCH3 is 1. The molecule has 24 heavy (non-hydrogen) atoms. The molecule has 128 valence electrons. The van der Waals surface area contributed by atoms with Crippen molar-refractivity contribution in [2.75, 3.05) is 7.11 Å². The monoisotopic (exact) mass is 333 g/mol. The average molecular weight is 333 g/mol. The van der Waals surface area contributed by atoms with Gasteiger partial charge in [0.2, 0.25) is 0 Å². The van der Waals surface area contributed by atoms with Gasteiger partial charge in [-0.2, -0.15) is 0 Å². The Labute approximate surface area is 139 Å². The summed E-state index contributed by atoms with van der Waals surface area (Å²) in [5.74, 6) is -1.45. The van der Waals surface area contributed by atoms with Gasteiger partial charge in [0.25, 0.3) is 5.91 Å². The molecule has 1 aromatic carbocycles. The fourth-order valence-corrected chi connectivity index (χ4v) is 3.43. The van der Waals surface area contributed by atoms with E-state index in [0.717, 1.165) is 19.3 Å². The van der Waals surface area contributed by atoms with Gasteiger partial charge in [0, 0.05) is 10.9 Å². The average Bonchev–Trinajstić information content (AvgIpc) is 2.93. The third-order valence-corrected chi connectivity index (χ3v) is 4.76. The number of hydrogen-bond donors (Lipinski definition) is 1. The van der Waals surface area contributed by atoms with Gasteiger partial charge in [-0.15, -0.1) is 0 Å². The number of halogens is 1. The molecule has 1 amide bonds. The number of amides is 1. The molecule has 0 atom stereocenters. The normalized spacial score (nSPS) is 16.8. The number of fused-ring (bicyclic) bond motifs is 1. The summed E-state index contributed by atoms with van der Waals surface area (Å²) in [6, 6.07) is 4.55. The smallest absolute Gasteiger partial charge is 0.331 e. The molecule has 6 heteroatoms. The number of rotatable bonds is 3. The van der Waals surface area contributed by atoms with Gasteiger partial charge in [0.05, 0.1) is 7.11 Å². The second-order valence-corrected chi connectivity index (χ2v) is 6.26. The summed E-state index contributed by atoms with van der Waals surface area (Å²) in [6.45, 7) is 1.70. The number of carbonyl (C=O) groups is 2. The Balaban J connectivity index is 1.95. The Morgan fingerprint density at radius 2 is 1.96 bits per heavy atom. The van der Waals surface area contributed by atoms with Crippen LogP contribution >= 0.6 is 0 Å². The Morgan fingerprint density at radius 3 is 2.58 bits per heavy atom. The Hall–Kier alpha value is -2.37. The van der Waals surface area contributed by atoms with E-state index in [2.05, 4.69) is 5.32 Å². The molecule has 1 N–H and O–H groups in total. The van der Waals surface area contributed by atoms with Crippen molar-refractivity contribution in [1.82, 2.24) is 5.32 Å². The van der Waals surface area contributed by atoms with Crippen molar-refractivity contribution in [2.45, 2.75) is 44.6 Å². The topological polar surface area (TPSA) is 68.5 Å². The van der Waals surface area contributed by atoms with Gasteiger partial charge in [0.15, 0.2) is 17.2 Å². The summed E-state index contributed by atoms with van der Waals surface area (Å²) in [7, 11) is 1.31. The predicted molar refractivity (Wildman–Crippen MR) is 86.2 cm³/mol. The van der Waals surface area contributed by atoms with E-state index in [-0.39, 0.29) is 11.3 Å². The molecule has 0 radical (unpaired) electrons. The van der Waals surface area contributed by atoms with Gasteiger partial charge >= 0.3 is 5.97 Å². The van der Waals surface area contributed by atoms with Crippen LogP contribution in [0.5, 0.6) is 0 Å². The van der Waals surface area contributed by atoms with E-state index >= 15 is 0 Å². The number of nitrogens with one attached hydrogen (secondary N) is 1. The van der Waals surface area contributed by atoms with Crippen LogP contribution in [0.25, 0.3) is 11.0 Å². The highest BCUT2D eigenvalue weighted by Crippen LogP contribution is 2.31. The molecule has 1 saturated carbocycles. The molecule has 1 aliphatic rings. The van der Waals surface area contributed by atoms with E-state index in [1.807, 2.05) is 0 Å². The zero-order valence-corrected chi connectivity index (χ0v) is 13.8. The minimum absolute atomic E-state index is 0.0314. The fraction of sp³-hybridized carbons (Fsp3) is 0.444. The molecule has 1 fully saturated rings. The third-order valence-electron chi connectivity index (χ3n) is 4.76. The lowest BCUT2D eigenvalue weighted by Crippen LogP contribution is -2.56. The van der Waals surface area contributed by atoms with Gasteiger partial charge in [-0.25, -0.2) is 9.18 Å². The lowest BCUT2D eigenvalue weighted by Gasteiger charge is -2.34. The maximum atomic E-state index is 13.9. The van der Waals surface area contributed by atoms with E-state index in [1.54, 1.807) is 19.1 Å². The van der Waals surface area contributed by atoms with Crippen LogP contribution in [0.3, 0.4) is 0 Å². The molecule has 0 aliphatic heterocycles. The van der Waals surface area contributed by atoms with Gasteiger partial charge in [-0.05, 0) is 25.8 Å². The van der Waals surface area contributed by atoms with Crippen LogP contribution in [0.4, 0.5) is 4.39 Å². The van der Waals surface area contributed by atoms with Gasteiger partial charge in [-0.1, -0.05) is 31.4 Å². The van der Waals surface area contributed by atoms with Crippen LogP contribution in [0, 0.1) is 12.7 Å². The minimum atomic E-state index is -1.03. The SMILES string of the molecule is COC(=O)C1(NC(=O)c2oc3c(F)cccc3c2C)CCCCC1. The number of furan rings is 1. The first-order valence-electron chi connectivity index (χ1n) is 8.07. The van der Waals surface area contributed by atoms with Crippen molar-refractivity contribution in [1.29, 1.82) is 0 Å². The molecular formula is C18H20FNO4. The van der Waals surface area contributed by atoms with Crippen LogP contribution in [0.15, 0.2) is 22.6 Å². The molecule has 2 aromatic rings. The van der Waals surface area contributed by atoms with Gasteiger partial charge in [0.1, 0.15) is 5.54 Å². The van der Waals surface area contributed by atoms with E-state index in [0.29, 0.717) is 23.8 Å². The summed E-state index contributed by atoms with van der Waals surface area (Å²) in [6.07, 6.45) is 3.74. The number of aryl methyl sites for hydroxylation is 1. The van der Waals surface area contributed by atoms with Crippen LogP contribution < -0.4 is 5.32 Å². The van der Waals surface area contributed by atoms with E-state index in [9.17, 15) is 14.0 Å². The van der Waals surface area contributed by atoms with E-state index < -0.39 is 23.2 Å². The largest absolute Gasteiger partial charge is 0.467 e. The summed E-state index contributed by atoms with van der Waals surface area (Å²) >= 11 is 0. The highest BCUT2D eigenvalue weighted by molar-refractivity contribution is 6.01. The third kappa shape index (κ3) is 2.66. The van der Waals surface area contributed by atoms with Crippen molar-refractivity contribution >= 4 is 22.8 Å². The summed E-state index contributed by atoms with van der Waals surface area (Å²) in [4.78, 5) is 24.9. The van der Waals surface area contributed by atoms with Crippen molar-refractivity contribution in [3.63, 3.8) is 0 Å². The molecule has 1 heterocycles. The highest BCUT2D eigenvalue weighted by atomic mass is 19.1. The summed E-state index contributed by atoms with van der Waals surface area (Å²) < 4.78 is 24.2. The molecule has 0 saturated heterocycles. The standard InChI is InChI=1S/C18H20FNO4/c1-11-12-7-6-8-13(19)15(12)24-14(11)16(21)20-18(17(22)23-2)9-4-3-5-10-18/h6-8H,3-5,9-10H2,1-2H3,(H,20,21). The number of para-hydroxylation sites is 1. The summed E-state index contributed by atoms with van der Waals surface area (Å²) in [5.41, 5.74) is -0.428. The molecule has 3 rings (SSSR count). The first-order chi connectivity index (χ1) is 11.5. The minimum Gasteiger partial charge on any atom is -0.467 e. The number of esters is 1. The van der Waals surface area contributed by atoms with Crippen LogP contribution in [0.2, 0.25) is 0 Å². The fourth-order valence-electron chi connectivity index (χ4n) is 3.43. The van der Waals surface area contributed by atoms with Gasteiger partial charge in [-0.3, -0.25) is 4.79 Å². The van der Waals surface area contributed by atoms with Crippen LogP contribution in [-0.4, -0.2) is 24.5 Å².